The molecule has 1 atom stereocenters. The molecule has 0 aliphatic heterocycles. The molecule has 0 saturated carbocycles. The first kappa shape index (κ1) is 19.2. The highest BCUT2D eigenvalue weighted by Gasteiger charge is 2.15. The highest BCUT2D eigenvalue weighted by molar-refractivity contribution is 6.10. The summed E-state index contributed by atoms with van der Waals surface area (Å²) in [5.74, 6) is -0.783. The molecule has 0 saturated heterocycles. The summed E-state index contributed by atoms with van der Waals surface area (Å²) in [7, 11) is 0. The van der Waals surface area contributed by atoms with Gasteiger partial charge in [-0.25, -0.2) is 4.79 Å². The van der Waals surface area contributed by atoms with Crippen LogP contribution in [-0.4, -0.2) is 41.3 Å². The molecule has 0 aromatic heterocycles. The van der Waals surface area contributed by atoms with E-state index in [9.17, 15) is 19.8 Å². The lowest BCUT2D eigenvalue weighted by atomic mass is 10.0. The Morgan fingerprint density at radius 3 is 2.50 bits per heavy atom. The minimum Gasteiger partial charge on any atom is -0.507 e. The molecular weight excluding hydrogens is 336 g/mol. The molecule has 0 radical (unpaired) electrons. The number of carbonyl (C=O) groups excluding carboxylic acids is 2. The van der Waals surface area contributed by atoms with Gasteiger partial charge >= 0.3 is 5.97 Å². The Hall–Kier alpha value is -3.12. The van der Waals surface area contributed by atoms with Crippen molar-refractivity contribution in [1.82, 2.24) is 0 Å². The van der Waals surface area contributed by atoms with Crippen LogP contribution in [-0.2, 0) is 9.53 Å². The Bertz CT molecular complexity index is 782. The molecular formula is C20H20O6. The molecule has 6 nitrogen and oxygen atoms in total. The van der Waals surface area contributed by atoms with Crippen LogP contribution in [0.1, 0.15) is 22.8 Å². The van der Waals surface area contributed by atoms with Crippen LogP contribution in [0.5, 0.6) is 11.5 Å². The Kier molecular flexibility index (Phi) is 6.93. The van der Waals surface area contributed by atoms with Crippen LogP contribution in [0.25, 0.3) is 0 Å². The van der Waals surface area contributed by atoms with Crippen LogP contribution in [0.2, 0.25) is 0 Å². The summed E-state index contributed by atoms with van der Waals surface area (Å²) in [6.45, 7) is 1.34. The molecule has 2 aromatic carbocycles. The largest absolute Gasteiger partial charge is 0.507 e. The third-order valence-corrected chi connectivity index (χ3v) is 3.41. The lowest BCUT2D eigenvalue weighted by Gasteiger charge is -2.13. The van der Waals surface area contributed by atoms with Gasteiger partial charge < -0.3 is 19.7 Å². The molecule has 6 heteroatoms. The van der Waals surface area contributed by atoms with E-state index < -0.39 is 12.1 Å². The highest BCUT2D eigenvalue weighted by Crippen LogP contribution is 2.26. The standard InChI is InChI=1S/C20H20O6/c1-2-6-19(23)26-13-15(21)12-25-16-9-10-17(18(22)11-16)20(24)14-7-4-3-5-8-14/h2-11,15,21-22H,12-13H2,1H3. The van der Waals surface area contributed by atoms with Gasteiger partial charge in [-0.15, -0.1) is 0 Å². The molecule has 26 heavy (non-hydrogen) atoms. The molecule has 2 rings (SSSR count). The number of phenols is 1. The molecule has 0 fully saturated rings. The molecule has 2 N–H and O–H groups in total. The van der Waals surface area contributed by atoms with Crippen LogP contribution in [0.3, 0.4) is 0 Å². The Morgan fingerprint density at radius 2 is 1.85 bits per heavy atom. The van der Waals surface area contributed by atoms with Crippen molar-refractivity contribution in [1.29, 1.82) is 0 Å². The fourth-order valence-corrected chi connectivity index (χ4v) is 2.14. The molecule has 0 aliphatic rings. The van der Waals surface area contributed by atoms with Gasteiger partial charge in [-0.05, 0) is 19.1 Å². The molecule has 0 spiro atoms. The Morgan fingerprint density at radius 1 is 1.12 bits per heavy atom. The third kappa shape index (κ3) is 5.46. The predicted octanol–water partition coefficient (Wildman–Crippen LogP) is 2.48. The van der Waals surface area contributed by atoms with E-state index in [0.29, 0.717) is 5.56 Å². The van der Waals surface area contributed by atoms with Crippen LogP contribution >= 0.6 is 0 Å². The topological polar surface area (TPSA) is 93.1 Å². The van der Waals surface area contributed by atoms with Gasteiger partial charge in [-0.3, -0.25) is 4.79 Å². The third-order valence-electron chi connectivity index (χ3n) is 3.41. The molecule has 0 aliphatic carbocycles. The first-order valence-electron chi connectivity index (χ1n) is 8.04. The summed E-state index contributed by atoms with van der Waals surface area (Å²) in [4.78, 5) is 23.5. The number of allylic oxidation sites excluding steroid dienone is 1. The maximum absolute atomic E-state index is 12.4. The van der Waals surface area contributed by atoms with Crippen LogP contribution in [0.15, 0.2) is 60.7 Å². The number of carbonyl (C=O) groups is 2. The number of rotatable bonds is 8. The smallest absolute Gasteiger partial charge is 0.330 e. The van der Waals surface area contributed by atoms with E-state index in [1.807, 2.05) is 0 Å². The normalized spacial score (nSPS) is 11.9. The van der Waals surface area contributed by atoms with Gasteiger partial charge in [0, 0.05) is 17.7 Å². The van der Waals surface area contributed by atoms with Crippen molar-refractivity contribution < 1.29 is 29.3 Å². The first-order chi connectivity index (χ1) is 12.5. The minimum atomic E-state index is -1.02. The number of aromatic hydroxyl groups is 1. The number of ether oxygens (including phenoxy) is 2. The van der Waals surface area contributed by atoms with E-state index >= 15 is 0 Å². The molecule has 0 heterocycles. The summed E-state index contributed by atoms with van der Waals surface area (Å²) >= 11 is 0. The number of hydrogen-bond acceptors (Lipinski definition) is 6. The summed E-state index contributed by atoms with van der Waals surface area (Å²) in [6, 6.07) is 12.9. The average molecular weight is 356 g/mol. The van der Waals surface area contributed by atoms with E-state index in [0.717, 1.165) is 0 Å². The number of benzene rings is 2. The van der Waals surface area contributed by atoms with E-state index in [1.54, 1.807) is 37.3 Å². The molecule has 0 bridgehead atoms. The fraction of sp³-hybridized carbons (Fsp3) is 0.200. The lowest BCUT2D eigenvalue weighted by molar-refractivity contribution is -0.141. The summed E-state index contributed by atoms with van der Waals surface area (Å²) in [5, 5.41) is 19.8. The van der Waals surface area contributed by atoms with Gasteiger partial charge in [0.25, 0.3) is 0 Å². The minimum absolute atomic E-state index is 0.130. The van der Waals surface area contributed by atoms with Gasteiger partial charge in [0.15, 0.2) is 5.78 Å². The van der Waals surface area contributed by atoms with E-state index in [1.165, 1.54) is 30.4 Å². The van der Waals surface area contributed by atoms with E-state index in [-0.39, 0.29) is 36.1 Å². The zero-order valence-corrected chi connectivity index (χ0v) is 14.3. The molecule has 2 aromatic rings. The number of aliphatic hydroxyl groups is 1. The summed E-state index contributed by atoms with van der Waals surface area (Å²) in [6.07, 6.45) is 1.76. The second-order valence-corrected chi connectivity index (χ2v) is 5.47. The Labute approximate surface area is 151 Å². The average Bonchev–Trinajstić information content (AvgIpc) is 2.65. The number of hydrogen-bond donors (Lipinski definition) is 2. The van der Waals surface area contributed by atoms with Crippen LogP contribution in [0, 0.1) is 0 Å². The second-order valence-electron chi connectivity index (χ2n) is 5.47. The highest BCUT2D eigenvalue weighted by atomic mass is 16.5. The maximum atomic E-state index is 12.4. The molecule has 1 unspecified atom stereocenters. The second kappa shape index (κ2) is 9.39. The zero-order chi connectivity index (χ0) is 18.9. The summed E-state index contributed by atoms with van der Waals surface area (Å²) < 4.78 is 10.2. The first-order valence-corrected chi connectivity index (χ1v) is 8.04. The number of esters is 1. The van der Waals surface area contributed by atoms with Crippen molar-refractivity contribution >= 4 is 11.8 Å². The zero-order valence-electron chi connectivity index (χ0n) is 14.3. The fourth-order valence-electron chi connectivity index (χ4n) is 2.14. The van der Waals surface area contributed by atoms with Gasteiger partial charge in [0.2, 0.25) is 0 Å². The van der Waals surface area contributed by atoms with Crippen LogP contribution < -0.4 is 4.74 Å². The van der Waals surface area contributed by atoms with Crippen molar-refractivity contribution in [2.24, 2.45) is 0 Å². The predicted molar refractivity (Wildman–Crippen MR) is 95.3 cm³/mol. The number of ketones is 1. The number of phenolic OH excluding ortho intramolecular Hbond substituents is 1. The summed E-state index contributed by atoms with van der Waals surface area (Å²) in [5.41, 5.74) is 0.624. The monoisotopic (exact) mass is 356 g/mol. The quantitative estimate of drug-likeness (QED) is 0.429. The molecule has 0 amide bonds. The van der Waals surface area contributed by atoms with Crippen molar-refractivity contribution in [3.63, 3.8) is 0 Å². The molecule has 136 valence electrons. The Balaban J connectivity index is 1.93. The number of aliphatic hydroxyl groups excluding tert-OH is 1. The maximum Gasteiger partial charge on any atom is 0.330 e. The van der Waals surface area contributed by atoms with Crippen molar-refractivity contribution in [2.45, 2.75) is 13.0 Å². The van der Waals surface area contributed by atoms with Gasteiger partial charge in [-0.1, -0.05) is 36.4 Å². The van der Waals surface area contributed by atoms with Crippen LogP contribution in [0.4, 0.5) is 0 Å². The SMILES string of the molecule is CC=CC(=O)OCC(O)COc1ccc(C(=O)c2ccccc2)c(O)c1. The van der Waals surface area contributed by atoms with Gasteiger partial charge in [0.1, 0.15) is 30.8 Å². The lowest BCUT2D eigenvalue weighted by Crippen LogP contribution is -2.24. The van der Waals surface area contributed by atoms with Crippen molar-refractivity contribution in [3.8, 4) is 11.5 Å². The van der Waals surface area contributed by atoms with E-state index in [4.69, 9.17) is 9.47 Å². The van der Waals surface area contributed by atoms with Crippen molar-refractivity contribution in [3.05, 3.63) is 71.8 Å². The van der Waals surface area contributed by atoms with Crippen molar-refractivity contribution in [2.75, 3.05) is 13.2 Å². The van der Waals surface area contributed by atoms with Gasteiger partial charge in [0.05, 0.1) is 5.56 Å². The van der Waals surface area contributed by atoms with E-state index in [2.05, 4.69) is 0 Å². The van der Waals surface area contributed by atoms with Gasteiger partial charge in [-0.2, -0.15) is 0 Å².